The van der Waals surface area contributed by atoms with Crippen LogP contribution in [-0.4, -0.2) is 17.8 Å². The molecule has 0 bridgehead atoms. The van der Waals surface area contributed by atoms with Gasteiger partial charge < -0.3 is 10.4 Å². The molecule has 0 fully saturated rings. The maximum Gasteiger partial charge on any atom is 0.0701 e. The number of thiophene rings is 1. The van der Waals surface area contributed by atoms with Crippen molar-refractivity contribution in [2.24, 2.45) is 0 Å². The van der Waals surface area contributed by atoms with Gasteiger partial charge in [-0.15, -0.1) is 11.3 Å². The van der Waals surface area contributed by atoms with Crippen molar-refractivity contribution in [3.05, 3.63) is 20.8 Å². The van der Waals surface area contributed by atoms with Crippen molar-refractivity contribution in [1.82, 2.24) is 5.32 Å². The molecular weight excluding hydrogens is 238 g/mol. The van der Waals surface area contributed by atoms with Crippen molar-refractivity contribution in [2.75, 3.05) is 6.54 Å². The van der Waals surface area contributed by atoms with Gasteiger partial charge in [0, 0.05) is 18.0 Å². The molecule has 0 aromatic carbocycles. The van der Waals surface area contributed by atoms with Gasteiger partial charge in [-0.05, 0) is 35.0 Å². The van der Waals surface area contributed by atoms with E-state index in [0.717, 1.165) is 10.3 Å². The normalized spacial score (nSPS) is 13.2. The number of aliphatic hydroxyl groups is 1. The van der Waals surface area contributed by atoms with Gasteiger partial charge in [0.25, 0.3) is 0 Å². The molecule has 1 heterocycles. The molecular formula is C8H12BrNOS. The predicted molar refractivity (Wildman–Crippen MR) is 55.4 cm³/mol. The third-order valence-corrected chi connectivity index (χ3v) is 2.99. The highest BCUT2D eigenvalue weighted by Gasteiger charge is 1.98. The third-order valence-electron chi connectivity index (χ3n) is 1.37. The zero-order chi connectivity index (χ0) is 8.97. The summed E-state index contributed by atoms with van der Waals surface area (Å²) in [7, 11) is 0. The van der Waals surface area contributed by atoms with E-state index in [4.69, 9.17) is 5.11 Å². The summed E-state index contributed by atoms with van der Waals surface area (Å²) in [6, 6.07) is 4.11. The first-order valence-electron chi connectivity index (χ1n) is 3.81. The second-order valence-corrected chi connectivity index (χ2v) is 5.23. The highest BCUT2D eigenvalue weighted by Crippen LogP contribution is 2.21. The minimum atomic E-state index is -0.270. The Bertz CT molecular complexity index is 237. The Morgan fingerprint density at radius 1 is 1.67 bits per heavy atom. The number of aliphatic hydroxyl groups excluding tert-OH is 1. The summed E-state index contributed by atoms with van der Waals surface area (Å²) in [6.45, 7) is 3.26. The molecule has 0 spiro atoms. The quantitative estimate of drug-likeness (QED) is 0.856. The lowest BCUT2D eigenvalue weighted by atomic mass is 10.4. The van der Waals surface area contributed by atoms with Gasteiger partial charge in [-0.25, -0.2) is 0 Å². The van der Waals surface area contributed by atoms with E-state index in [0.29, 0.717) is 6.54 Å². The maximum absolute atomic E-state index is 8.97. The number of nitrogens with one attached hydrogen (secondary N) is 1. The van der Waals surface area contributed by atoms with Crippen LogP contribution in [0.4, 0.5) is 0 Å². The lowest BCUT2D eigenvalue weighted by Crippen LogP contribution is -2.23. The fraction of sp³-hybridized carbons (Fsp3) is 0.500. The summed E-state index contributed by atoms with van der Waals surface area (Å²) < 4.78 is 1.15. The molecule has 0 aliphatic rings. The molecule has 2 nitrogen and oxygen atoms in total. The molecule has 0 aliphatic heterocycles. The van der Waals surface area contributed by atoms with E-state index in [1.807, 2.05) is 6.07 Å². The highest BCUT2D eigenvalue weighted by atomic mass is 79.9. The van der Waals surface area contributed by atoms with E-state index in [1.165, 1.54) is 4.88 Å². The van der Waals surface area contributed by atoms with Crippen LogP contribution in [0.5, 0.6) is 0 Å². The van der Waals surface area contributed by atoms with Gasteiger partial charge in [0.2, 0.25) is 0 Å². The molecule has 68 valence electrons. The Hall–Kier alpha value is 0.1000. The molecule has 0 saturated heterocycles. The zero-order valence-electron chi connectivity index (χ0n) is 6.88. The summed E-state index contributed by atoms with van der Waals surface area (Å²) in [5.74, 6) is 0. The van der Waals surface area contributed by atoms with Gasteiger partial charge in [-0.2, -0.15) is 0 Å². The summed E-state index contributed by atoms with van der Waals surface area (Å²) in [6.07, 6.45) is -0.270. The second-order valence-electron chi connectivity index (χ2n) is 2.69. The molecule has 2 N–H and O–H groups in total. The molecule has 12 heavy (non-hydrogen) atoms. The van der Waals surface area contributed by atoms with E-state index in [1.54, 1.807) is 18.3 Å². The van der Waals surface area contributed by atoms with Crippen LogP contribution in [0.3, 0.4) is 0 Å². The Labute approximate surface area is 84.7 Å². The van der Waals surface area contributed by atoms with Crippen LogP contribution >= 0.6 is 27.3 Å². The van der Waals surface area contributed by atoms with Crippen molar-refractivity contribution in [3.63, 3.8) is 0 Å². The first kappa shape index (κ1) is 10.2. The third kappa shape index (κ3) is 3.67. The first-order valence-corrected chi connectivity index (χ1v) is 5.42. The van der Waals surface area contributed by atoms with Crippen LogP contribution in [0.1, 0.15) is 11.8 Å². The van der Waals surface area contributed by atoms with Crippen molar-refractivity contribution >= 4 is 27.3 Å². The van der Waals surface area contributed by atoms with Crippen molar-refractivity contribution < 1.29 is 5.11 Å². The van der Waals surface area contributed by atoms with Crippen LogP contribution in [0.2, 0.25) is 0 Å². The largest absolute Gasteiger partial charge is 0.392 e. The Morgan fingerprint density at radius 3 is 2.92 bits per heavy atom. The Balaban J connectivity index is 2.24. The summed E-state index contributed by atoms with van der Waals surface area (Å²) in [5, 5.41) is 12.1. The van der Waals surface area contributed by atoms with Crippen LogP contribution in [0.15, 0.2) is 15.9 Å². The molecule has 1 aromatic heterocycles. The van der Waals surface area contributed by atoms with Gasteiger partial charge in [-0.3, -0.25) is 0 Å². The van der Waals surface area contributed by atoms with Gasteiger partial charge in [0.1, 0.15) is 0 Å². The molecule has 0 radical (unpaired) electrons. The van der Waals surface area contributed by atoms with Crippen molar-refractivity contribution in [3.8, 4) is 0 Å². The van der Waals surface area contributed by atoms with E-state index >= 15 is 0 Å². The number of halogens is 1. The first-order chi connectivity index (χ1) is 5.68. The highest BCUT2D eigenvalue weighted by molar-refractivity contribution is 9.11. The summed E-state index contributed by atoms with van der Waals surface area (Å²) in [5.41, 5.74) is 0. The van der Waals surface area contributed by atoms with E-state index < -0.39 is 0 Å². The molecule has 1 rings (SSSR count). The molecule has 0 aliphatic carbocycles. The van der Waals surface area contributed by atoms with Gasteiger partial charge in [-0.1, -0.05) is 0 Å². The zero-order valence-corrected chi connectivity index (χ0v) is 9.28. The number of rotatable bonds is 4. The summed E-state index contributed by atoms with van der Waals surface area (Å²) >= 11 is 5.11. The van der Waals surface area contributed by atoms with Gasteiger partial charge in [0.15, 0.2) is 0 Å². The molecule has 0 unspecified atom stereocenters. The average Bonchev–Trinajstić information content (AvgIpc) is 2.35. The SMILES string of the molecule is C[C@H](O)CNCc1ccc(Br)s1. The monoisotopic (exact) mass is 249 g/mol. The van der Waals surface area contributed by atoms with Crippen LogP contribution in [0.25, 0.3) is 0 Å². The van der Waals surface area contributed by atoms with Gasteiger partial charge >= 0.3 is 0 Å². The van der Waals surface area contributed by atoms with Crippen LogP contribution in [0, 0.1) is 0 Å². The van der Waals surface area contributed by atoms with E-state index in [2.05, 4.69) is 27.3 Å². The minimum absolute atomic E-state index is 0.270. The van der Waals surface area contributed by atoms with E-state index in [-0.39, 0.29) is 6.10 Å². The average molecular weight is 250 g/mol. The van der Waals surface area contributed by atoms with E-state index in [9.17, 15) is 0 Å². The van der Waals surface area contributed by atoms with Crippen molar-refractivity contribution in [2.45, 2.75) is 19.6 Å². The fourth-order valence-corrected chi connectivity index (χ4v) is 2.30. The van der Waals surface area contributed by atoms with Crippen LogP contribution in [-0.2, 0) is 6.54 Å². The number of hydrogen-bond acceptors (Lipinski definition) is 3. The predicted octanol–water partition coefficient (Wildman–Crippen LogP) is 1.98. The second kappa shape index (κ2) is 4.97. The Kier molecular flexibility index (Phi) is 4.21. The maximum atomic E-state index is 8.97. The molecule has 1 atom stereocenters. The number of hydrogen-bond donors (Lipinski definition) is 2. The van der Waals surface area contributed by atoms with Gasteiger partial charge in [0.05, 0.1) is 9.89 Å². The lowest BCUT2D eigenvalue weighted by Gasteiger charge is -2.04. The smallest absolute Gasteiger partial charge is 0.0701 e. The molecule has 1 aromatic rings. The molecule has 0 amide bonds. The summed E-state index contributed by atoms with van der Waals surface area (Å²) in [4.78, 5) is 1.28. The topological polar surface area (TPSA) is 32.3 Å². The lowest BCUT2D eigenvalue weighted by molar-refractivity contribution is 0.191. The van der Waals surface area contributed by atoms with Crippen molar-refractivity contribution in [1.29, 1.82) is 0 Å². The van der Waals surface area contributed by atoms with Crippen LogP contribution < -0.4 is 5.32 Å². The Morgan fingerprint density at radius 2 is 2.42 bits per heavy atom. The standard InChI is InChI=1S/C8H12BrNOS/c1-6(11)4-10-5-7-2-3-8(9)12-7/h2-3,6,10-11H,4-5H2,1H3/t6-/m0/s1. The molecule has 4 heteroatoms. The minimum Gasteiger partial charge on any atom is -0.392 e. The fourth-order valence-electron chi connectivity index (χ4n) is 0.851. The molecule has 0 saturated carbocycles.